The Morgan fingerprint density at radius 2 is 2.05 bits per heavy atom. The van der Waals surface area contributed by atoms with E-state index < -0.39 is 0 Å². The van der Waals surface area contributed by atoms with Crippen molar-refractivity contribution in [1.82, 2.24) is 20.1 Å². The van der Waals surface area contributed by atoms with E-state index >= 15 is 0 Å². The molecule has 5 nitrogen and oxygen atoms in total. The Labute approximate surface area is 118 Å². The molecule has 1 aromatic heterocycles. The minimum atomic E-state index is 0.00666. The summed E-state index contributed by atoms with van der Waals surface area (Å²) in [5.41, 5.74) is 2.54. The number of nitrogens with one attached hydrogen (secondary N) is 1. The van der Waals surface area contributed by atoms with Crippen LogP contribution in [0, 0.1) is 6.92 Å². The molecule has 1 saturated heterocycles. The second kappa shape index (κ2) is 6.98. The molecule has 6 heteroatoms. The smallest absolute Gasteiger partial charge is 0.263 e. The Morgan fingerprint density at radius 1 is 1.37 bits per heavy atom. The molecule has 0 radical (unpaired) electrons. The molecule has 1 aliphatic rings. The van der Waals surface area contributed by atoms with Gasteiger partial charge in [-0.3, -0.25) is 9.69 Å². The van der Waals surface area contributed by atoms with Gasteiger partial charge in [-0.2, -0.15) is 0 Å². The van der Waals surface area contributed by atoms with E-state index in [2.05, 4.69) is 27.0 Å². The number of aryl methyl sites for hydroxylation is 1. The second-order valence-electron chi connectivity index (χ2n) is 4.80. The van der Waals surface area contributed by atoms with Crippen LogP contribution in [-0.4, -0.2) is 66.5 Å². The van der Waals surface area contributed by atoms with Crippen molar-refractivity contribution in [2.75, 3.05) is 45.8 Å². The minimum absolute atomic E-state index is 0.00666. The molecule has 1 amide bonds. The molecule has 1 aliphatic heterocycles. The van der Waals surface area contributed by atoms with Gasteiger partial charge in [-0.25, -0.2) is 4.98 Å². The summed E-state index contributed by atoms with van der Waals surface area (Å²) in [6, 6.07) is 0. The topological polar surface area (TPSA) is 48.5 Å². The zero-order chi connectivity index (χ0) is 13.7. The molecule has 1 aromatic rings. The number of piperazine rings is 1. The standard InChI is InChI=1S/C13H22N4OS/c1-3-16-6-8-17(9-7-16)5-4-14-13(18)12-11(2)15-10-19-12/h10H,3-9H2,1-2H3,(H,14,18). The Hall–Kier alpha value is -0.980. The Balaban J connectivity index is 1.67. The number of rotatable bonds is 5. The number of amides is 1. The fourth-order valence-electron chi connectivity index (χ4n) is 2.26. The van der Waals surface area contributed by atoms with E-state index in [9.17, 15) is 4.79 Å². The van der Waals surface area contributed by atoms with Crippen molar-refractivity contribution in [2.45, 2.75) is 13.8 Å². The maximum atomic E-state index is 11.9. The summed E-state index contributed by atoms with van der Waals surface area (Å²) >= 11 is 1.40. The largest absolute Gasteiger partial charge is 0.350 e. The van der Waals surface area contributed by atoms with Crippen LogP contribution in [0.3, 0.4) is 0 Å². The lowest BCUT2D eigenvalue weighted by Crippen LogP contribution is -2.48. The summed E-state index contributed by atoms with van der Waals surface area (Å²) in [5.74, 6) is 0.00666. The van der Waals surface area contributed by atoms with E-state index in [1.165, 1.54) is 11.3 Å². The van der Waals surface area contributed by atoms with Gasteiger partial charge in [0, 0.05) is 39.3 Å². The van der Waals surface area contributed by atoms with Gasteiger partial charge in [-0.05, 0) is 13.5 Å². The van der Waals surface area contributed by atoms with E-state index in [4.69, 9.17) is 0 Å². The van der Waals surface area contributed by atoms with Gasteiger partial charge < -0.3 is 10.2 Å². The van der Waals surface area contributed by atoms with Crippen molar-refractivity contribution in [3.63, 3.8) is 0 Å². The third-order valence-corrected chi connectivity index (χ3v) is 4.50. The average Bonchev–Trinajstić information content (AvgIpc) is 2.86. The van der Waals surface area contributed by atoms with Crippen LogP contribution in [0.25, 0.3) is 0 Å². The summed E-state index contributed by atoms with van der Waals surface area (Å²) in [4.78, 5) is 21.6. The molecule has 0 aliphatic carbocycles. The van der Waals surface area contributed by atoms with Gasteiger partial charge in [0.2, 0.25) is 0 Å². The lowest BCUT2D eigenvalue weighted by molar-refractivity contribution is 0.0941. The van der Waals surface area contributed by atoms with Gasteiger partial charge in [0.05, 0.1) is 11.2 Å². The van der Waals surface area contributed by atoms with Gasteiger partial charge in [-0.15, -0.1) is 11.3 Å². The van der Waals surface area contributed by atoms with Crippen molar-refractivity contribution in [1.29, 1.82) is 0 Å². The molecular formula is C13H22N4OS. The van der Waals surface area contributed by atoms with Gasteiger partial charge >= 0.3 is 0 Å². The van der Waals surface area contributed by atoms with E-state index in [0.29, 0.717) is 6.54 Å². The summed E-state index contributed by atoms with van der Waals surface area (Å²) in [6.45, 7) is 11.3. The fraction of sp³-hybridized carbons (Fsp3) is 0.692. The van der Waals surface area contributed by atoms with Crippen LogP contribution in [0.4, 0.5) is 0 Å². The van der Waals surface area contributed by atoms with Crippen LogP contribution in [0.15, 0.2) is 5.51 Å². The number of thiazole rings is 1. The molecule has 19 heavy (non-hydrogen) atoms. The number of likely N-dealkylation sites (N-methyl/N-ethyl adjacent to an activating group) is 1. The Kier molecular flexibility index (Phi) is 5.30. The van der Waals surface area contributed by atoms with E-state index in [0.717, 1.165) is 49.8 Å². The molecule has 2 heterocycles. The normalized spacial score (nSPS) is 17.6. The summed E-state index contributed by atoms with van der Waals surface area (Å²) in [5, 5.41) is 2.97. The van der Waals surface area contributed by atoms with E-state index in [-0.39, 0.29) is 5.91 Å². The van der Waals surface area contributed by atoms with Crippen LogP contribution < -0.4 is 5.32 Å². The molecule has 0 unspecified atom stereocenters. The molecule has 0 atom stereocenters. The zero-order valence-corrected chi connectivity index (χ0v) is 12.5. The van der Waals surface area contributed by atoms with Crippen molar-refractivity contribution >= 4 is 17.2 Å². The molecule has 2 rings (SSSR count). The number of aromatic nitrogens is 1. The molecule has 0 spiro atoms. The third-order valence-electron chi connectivity index (χ3n) is 3.58. The molecular weight excluding hydrogens is 260 g/mol. The van der Waals surface area contributed by atoms with Crippen LogP contribution in [-0.2, 0) is 0 Å². The van der Waals surface area contributed by atoms with Crippen LogP contribution in [0.5, 0.6) is 0 Å². The lowest BCUT2D eigenvalue weighted by Gasteiger charge is -2.33. The summed E-state index contributed by atoms with van der Waals surface area (Å²) in [6.07, 6.45) is 0. The highest BCUT2D eigenvalue weighted by Crippen LogP contribution is 2.11. The van der Waals surface area contributed by atoms with Gasteiger partial charge in [-0.1, -0.05) is 6.92 Å². The molecule has 0 aromatic carbocycles. The maximum absolute atomic E-state index is 11.9. The van der Waals surface area contributed by atoms with Crippen molar-refractivity contribution in [2.24, 2.45) is 0 Å². The monoisotopic (exact) mass is 282 g/mol. The minimum Gasteiger partial charge on any atom is -0.350 e. The zero-order valence-electron chi connectivity index (χ0n) is 11.7. The molecule has 0 saturated carbocycles. The van der Waals surface area contributed by atoms with Crippen molar-refractivity contribution < 1.29 is 4.79 Å². The first-order chi connectivity index (χ1) is 9.20. The quantitative estimate of drug-likeness (QED) is 0.868. The van der Waals surface area contributed by atoms with Crippen LogP contribution >= 0.6 is 11.3 Å². The van der Waals surface area contributed by atoms with Gasteiger partial charge in [0.15, 0.2) is 0 Å². The molecule has 106 valence electrons. The Bertz CT molecular complexity index is 413. The number of hydrogen-bond donors (Lipinski definition) is 1. The number of hydrogen-bond acceptors (Lipinski definition) is 5. The SMILES string of the molecule is CCN1CCN(CCNC(=O)c2scnc2C)CC1. The number of carbonyl (C=O) groups excluding carboxylic acids is 1. The highest BCUT2D eigenvalue weighted by molar-refractivity contribution is 7.11. The predicted molar refractivity (Wildman–Crippen MR) is 77.7 cm³/mol. The average molecular weight is 282 g/mol. The highest BCUT2D eigenvalue weighted by atomic mass is 32.1. The Morgan fingerprint density at radius 3 is 2.63 bits per heavy atom. The van der Waals surface area contributed by atoms with Gasteiger partial charge in [0.1, 0.15) is 4.88 Å². The number of nitrogens with zero attached hydrogens (tertiary/aromatic N) is 3. The van der Waals surface area contributed by atoms with Crippen molar-refractivity contribution in [3.8, 4) is 0 Å². The summed E-state index contributed by atoms with van der Waals surface area (Å²) < 4.78 is 0. The number of carbonyl (C=O) groups is 1. The third kappa shape index (κ3) is 3.99. The first-order valence-corrected chi connectivity index (χ1v) is 7.71. The molecule has 1 fully saturated rings. The fourth-order valence-corrected chi connectivity index (χ4v) is 2.98. The molecule has 1 N–H and O–H groups in total. The highest BCUT2D eigenvalue weighted by Gasteiger charge is 2.16. The van der Waals surface area contributed by atoms with Crippen molar-refractivity contribution in [3.05, 3.63) is 16.1 Å². The lowest BCUT2D eigenvalue weighted by atomic mass is 10.3. The first kappa shape index (κ1) is 14.4. The summed E-state index contributed by atoms with van der Waals surface area (Å²) in [7, 11) is 0. The van der Waals surface area contributed by atoms with E-state index in [1.807, 2.05) is 6.92 Å². The predicted octanol–water partition coefficient (Wildman–Crippen LogP) is 0.819. The van der Waals surface area contributed by atoms with E-state index in [1.54, 1.807) is 5.51 Å². The second-order valence-corrected chi connectivity index (χ2v) is 5.65. The first-order valence-electron chi connectivity index (χ1n) is 6.83. The van der Waals surface area contributed by atoms with Crippen LogP contribution in [0.2, 0.25) is 0 Å². The molecule has 0 bridgehead atoms. The van der Waals surface area contributed by atoms with Crippen LogP contribution in [0.1, 0.15) is 22.3 Å². The maximum Gasteiger partial charge on any atom is 0.263 e. The van der Waals surface area contributed by atoms with Gasteiger partial charge in [0.25, 0.3) is 5.91 Å².